The molecule has 0 spiro atoms. The molecule has 1 aliphatic heterocycles. The average Bonchev–Trinajstić information content (AvgIpc) is 3.07. The van der Waals surface area contributed by atoms with Crippen molar-refractivity contribution in [3.05, 3.63) is 29.6 Å². The number of ether oxygens (including phenoxy) is 1. The Bertz CT molecular complexity index is 953. The van der Waals surface area contributed by atoms with Crippen molar-refractivity contribution in [2.24, 2.45) is 0 Å². The minimum absolute atomic E-state index is 0.183. The van der Waals surface area contributed by atoms with Crippen molar-refractivity contribution in [2.45, 2.75) is 38.8 Å². The van der Waals surface area contributed by atoms with E-state index in [-0.39, 0.29) is 12.7 Å². The van der Waals surface area contributed by atoms with Gasteiger partial charge in [-0.05, 0) is 37.8 Å². The molecule has 2 aromatic rings. The van der Waals surface area contributed by atoms with E-state index in [9.17, 15) is 8.42 Å². The molecule has 0 radical (unpaired) electrons. The van der Waals surface area contributed by atoms with Gasteiger partial charge in [-0.25, -0.2) is 4.68 Å². The molecule has 0 aliphatic carbocycles. The first-order valence-electron chi connectivity index (χ1n) is 8.73. The van der Waals surface area contributed by atoms with Gasteiger partial charge in [-0.2, -0.15) is 8.42 Å². The summed E-state index contributed by atoms with van der Waals surface area (Å²) in [7, 11) is -3.48. The van der Waals surface area contributed by atoms with Crippen molar-refractivity contribution >= 4 is 10.1 Å². The van der Waals surface area contributed by atoms with Gasteiger partial charge in [0.15, 0.2) is 0 Å². The van der Waals surface area contributed by atoms with E-state index in [1.807, 2.05) is 19.2 Å². The predicted molar refractivity (Wildman–Crippen MR) is 99.3 cm³/mol. The molecule has 1 saturated heterocycles. The molecule has 8 nitrogen and oxygen atoms in total. The number of hydrogen-bond donors (Lipinski definition) is 0. The van der Waals surface area contributed by atoms with Crippen LogP contribution in [0.1, 0.15) is 30.4 Å². The third-order valence-corrected chi connectivity index (χ3v) is 4.65. The van der Waals surface area contributed by atoms with Crippen molar-refractivity contribution in [1.82, 2.24) is 20.0 Å². The summed E-state index contributed by atoms with van der Waals surface area (Å²) in [5, 5.41) is 8.40. The van der Waals surface area contributed by atoms with Gasteiger partial charge in [0.1, 0.15) is 12.3 Å². The van der Waals surface area contributed by atoms with Gasteiger partial charge >= 0.3 is 0 Å². The number of nitrogens with zero attached hydrogens (tertiary/aromatic N) is 4. The molecule has 2 aromatic heterocycles. The Labute approximate surface area is 159 Å². The van der Waals surface area contributed by atoms with Crippen LogP contribution in [-0.4, -0.2) is 54.0 Å². The average molecular weight is 390 g/mol. The lowest BCUT2D eigenvalue weighted by atomic mass is 10.1. The van der Waals surface area contributed by atoms with Gasteiger partial charge in [0, 0.05) is 18.4 Å². The molecule has 3 heterocycles. The first-order chi connectivity index (χ1) is 12.9. The maximum atomic E-state index is 10.9. The maximum absolute atomic E-state index is 10.9. The highest BCUT2D eigenvalue weighted by Crippen LogP contribution is 2.20. The zero-order valence-corrected chi connectivity index (χ0v) is 16.2. The minimum atomic E-state index is -3.48. The Hall–Kier alpha value is -2.28. The Balaban J connectivity index is 1.66. The van der Waals surface area contributed by atoms with E-state index in [0.717, 1.165) is 37.0 Å². The van der Waals surface area contributed by atoms with E-state index in [1.54, 1.807) is 10.9 Å². The molecule has 27 heavy (non-hydrogen) atoms. The van der Waals surface area contributed by atoms with Crippen LogP contribution in [0.25, 0.3) is 11.4 Å². The summed E-state index contributed by atoms with van der Waals surface area (Å²) in [5.41, 5.74) is 3.02. The van der Waals surface area contributed by atoms with Crippen LogP contribution in [0.3, 0.4) is 0 Å². The molecule has 1 atom stereocenters. The lowest BCUT2D eigenvalue weighted by Crippen LogP contribution is -2.24. The molecule has 1 aliphatic rings. The van der Waals surface area contributed by atoms with E-state index in [1.165, 1.54) is 6.42 Å². The fourth-order valence-electron chi connectivity index (χ4n) is 2.84. The van der Waals surface area contributed by atoms with Crippen LogP contribution >= 0.6 is 0 Å². The topological polar surface area (TPSA) is 96.2 Å². The highest BCUT2D eigenvalue weighted by atomic mass is 32.2. The highest BCUT2D eigenvalue weighted by molar-refractivity contribution is 7.86. The minimum Gasteiger partial charge on any atom is -0.376 e. The summed E-state index contributed by atoms with van der Waals surface area (Å²) in [6, 6.07) is 1.87. The first-order valence-corrected chi connectivity index (χ1v) is 10.5. The van der Waals surface area contributed by atoms with Crippen LogP contribution in [0.15, 0.2) is 18.5 Å². The summed E-state index contributed by atoms with van der Waals surface area (Å²) in [4.78, 5) is 4.43. The molecule has 0 N–H and O–H groups in total. The number of pyridine rings is 1. The van der Waals surface area contributed by atoms with Crippen molar-refractivity contribution in [3.8, 4) is 23.2 Å². The van der Waals surface area contributed by atoms with E-state index in [0.29, 0.717) is 17.8 Å². The van der Waals surface area contributed by atoms with Crippen LogP contribution in [0.4, 0.5) is 0 Å². The third kappa shape index (κ3) is 5.85. The normalized spacial score (nSPS) is 17.3. The van der Waals surface area contributed by atoms with Crippen molar-refractivity contribution in [1.29, 1.82) is 0 Å². The Morgan fingerprint density at radius 2 is 2.26 bits per heavy atom. The molecule has 0 saturated carbocycles. The smallest absolute Gasteiger partial charge is 0.265 e. The second kappa shape index (κ2) is 8.61. The lowest BCUT2D eigenvalue weighted by Gasteiger charge is -2.21. The molecule has 0 bridgehead atoms. The molecule has 1 fully saturated rings. The van der Waals surface area contributed by atoms with Gasteiger partial charge in [0.2, 0.25) is 0 Å². The van der Waals surface area contributed by atoms with E-state index in [4.69, 9.17) is 4.74 Å². The summed E-state index contributed by atoms with van der Waals surface area (Å²) in [5.74, 6) is 5.49. The Morgan fingerprint density at radius 3 is 2.96 bits per heavy atom. The highest BCUT2D eigenvalue weighted by Gasteiger charge is 2.16. The first kappa shape index (κ1) is 19.5. The Kier molecular flexibility index (Phi) is 6.21. The van der Waals surface area contributed by atoms with E-state index >= 15 is 0 Å². The van der Waals surface area contributed by atoms with E-state index < -0.39 is 10.1 Å². The molecule has 0 aromatic carbocycles. The summed E-state index contributed by atoms with van der Waals surface area (Å²) >= 11 is 0. The molecule has 0 amide bonds. The monoisotopic (exact) mass is 390 g/mol. The zero-order valence-electron chi connectivity index (χ0n) is 15.4. The van der Waals surface area contributed by atoms with Crippen LogP contribution in [0.2, 0.25) is 0 Å². The summed E-state index contributed by atoms with van der Waals surface area (Å²) in [6.45, 7) is 3.24. The quantitative estimate of drug-likeness (QED) is 0.564. The fourth-order valence-corrected chi connectivity index (χ4v) is 3.12. The van der Waals surface area contributed by atoms with Gasteiger partial charge in [0.25, 0.3) is 10.1 Å². The van der Waals surface area contributed by atoms with Gasteiger partial charge in [-0.1, -0.05) is 17.1 Å². The fraction of sp³-hybridized carbons (Fsp3) is 0.500. The van der Waals surface area contributed by atoms with Crippen LogP contribution in [0, 0.1) is 18.8 Å². The van der Waals surface area contributed by atoms with Crippen LogP contribution in [-0.2, 0) is 25.6 Å². The summed E-state index contributed by atoms with van der Waals surface area (Å²) in [6.07, 6.45) is 8.03. The van der Waals surface area contributed by atoms with Gasteiger partial charge < -0.3 is 4.74 Å². The summed E-state index contributed by atoms with van der Waals surface area (Å²) < 4.78 is 33.9. The number of aromatic nitrogens is 4. The van der Waals surface area contributed by atoms with Crippen molar-refractivity contribution < 1.29 is 17.3 Å². The molecule has 9 heteroatoms. The number of rotatable bonds is 5. The second-order valence-electron chi connectivity index (χ2n) is 6.47. The lowest BCUT2D eigenvalue weighted by molar-refractivity contribution is 0.00370. The van der Waals surface area contributed by atoms with Crippen molar-refractivity contribution in [3.63, 3.8) is 0 Å². The number of aryl methyl sites for hydroxylation is 1. The second-order valence-corrected chi connectivity index (χ2v) is 8.12. The predicted octanol–water partition coefficient (Wildman–Crippen LogP) is 1.55. The molecule has 3 rings (SSSR count). The SMILES string of the molecule is Cc1cc(C#CCOS(C)(=O)=O)cnc1-c1cn(CC2CCCCO2)nn1. The number of hydrogen-bond acceptors (Lipinski definition) is 7. The Morgan fingerprint density at radius 1 is 1.41 bits per heavy atom. The van der Waals surface area contributed by atoms with Crippen LogP contribution in [0.5, 0.6) is 0 Å². The molecule has 1 unspecified atom stereocenters. The molecular formula is C18H22N4O4S. The van der Waals surface area contributed by atoms with E-state index in [2.05, 4.69) is 31.3 Å². The van der Waals surface area contributed by atoms with Crippen molar-refractivity contribution in [2.75, 3.05) is 19.5 Å². The van der Waals surface area contributed by atoms with Gasteiger partial charge in [-0.3, -0.25) is 9.17 Å². The van der Waals surface area contributed by atoms with Gasteiger partial charge in [0.05, 0.1) is 30.8 Å². The molecule has 144 valence electrons. The molecular weight excluding hydrogens is 368 g/mol. The van der Waals surface area contributed by atoms with Crippen LogP contribution < -0.4 is 0 Å². The third-order valence-electron chi connectivity index (χ3n) is 4.10. The maximum Gasteiger partial charge on any atom is 0.265 e. The zero-order chi connectivity index (χ0) is 19.3. The standard InChI is InChI=1S/C18H22N4O4S/c1-14-10-15(6-5-9-26-27(2,23)24)11-19-18(14)17-13-22(21-20-17)12-16-7-3-4-8-25-16/h10-11,13,16H,3-4,7-9,12H2,1-2H3. The largest absolute Gasteiger partial charge is 0.376 e. The van der Waals surface area contributed by atoms with Gasteiger partial charge in [-0.15, -0.1) is 5.10 Å².